The maximum Gasteiger partial charge on any atom is 0.0573 e. The van der Waals surface area contributed by atoms with E-state index in [2.05, 4.69) is 20.8 Å². The van der Waals surface area contributed by atoms with Crippen LogP contribution >= 0.6 is 0 Å². The summed E-state index contributed by atoms with van der Waals surface area (Å²) in [5, 5.41) is 10.2. The van der Waals surface area contributed by atoms with E-state index in [1.807, 2.05) is 0 Å². The molecule has 0 aliphatic heterocycles. The molecule has 0 heterocycles. The largest absolute Gasteiger partial charge is 0.393 e. The number of unbranched alkanes of at least 4 members (excludes halogenated alkanes) is 1. The van der Waals surface area contributed by atoms with Crippen LogP contribution in [0.2, 0.25) is 0 Å². The summed E-state index contributed by atoms with van der Waals surface area (Å²) in [6, 6.07) is 0. The lowest BCUT2D eigenvalue weighted by atomic mass is 9.63. The zero-order valence-electron chi connectivity index (χ0n) is 12.6. The van der Waals surface area contributed by atoms with E-state index in [-0.39, 0.29) is 6.10 Å². The van der Waals surface area contributed by atoms with Crippen LogP contribution in [0.5, 0.6) is 0 Å². The minimum atomic E-state index is 0.00409. The van der Waals surface area contributed by atoms with Crippen molar-refractivity contribution in [2.24, 2.45) is 23.2 Å². The topological polar surface area (TPSA) is 20.2 Å². The molecule has 2 aliphatic rings. The van der Waals surface area contributed by atoms with Gasteiger partial charge in [-0.15, -0.1) is 0 Å². The predicted octanol–water partition coefficient (Wildman–Crippen LogP) is 4.78. The second kappa shape index (κ2) is 5.94. The first kappa shape index (κ1) is 14.4. The van der Waals surface area contributed by atoms with E-state index < -0.39 is 0 Å². The summed E-state index contributed by atoms with van der Waals surface area (Å²) in [4.78, 5) is 0. The number of hydrogen-bond donors (Lipinski definition) is 1. The van der Waals surface area contributed by atoms with Crippen molar-refractivity contribution in [3.05, 3.63) is 0 Å². The van der Waals surface area contributed by atoms with Crippen molar-refractivity contribution in [2.45, 2.75) is 84.7 Å². The van der Waals surface area contributed by atoms with Crippen LogP contribution in [0, 0.1) is 23.2 Å². The van der Waals surface area contributed by atoms with Crippen molar-refractivity contribution in [1.29, 1.82) is 0 Å². The highest BCUT2D eigenvalue weighted by molar-refractivity contribution is 5.00. The van der Waals surface area contributed by atoms with Crippen LogP contribution in [0.25, 0.3) is 0 Å². The summed E-state index contributed by atoms with van der Waals surface area (Å²) in [6.45, 7) is 7.12. The summed E-state index contributed by atoms with van der Waals surface area (Å²) in [5.41, 5.74) is 0.468. The molecule has 106 valence electrons. The second-order valence-corrected chi connectivity index (χ2v) is 7.52. The van der Waals surface area contributed by atoms with E-state index in [1.54, 1.807) is 0 Å². The van der Waals surface area contributed by atoms with Crippen LogP contribution in [0.4, 0.5) is 0 Å². The summed E-state index contributed by atoms with van der Waals surface area (Å²) in [7, 11) is 0. The number of hydrogen-bond acceptors (Lipinski definition) is 1. The molecule has 2 fully saturated rings. The Morgan fingerprint density at radius 3 is 2.67 bits per heavy atom. The quantitative estimate of drug-likeness (QED) is 0.698. The Hall–Kier alpha value is -0.0400. The molecule has 0 aromatic heterocycles. The molecule has 0 radical (unpaired) electrons. The molecule has 0 aromatic carbocycles. The van der Waals surface area contributed by atoms with Crippen LogP contribution in [0.3, 0.4) is 0 Å². The van der Waals surface area contributed by atoms with Crippen molar-refractivity contribution in [3.8, 4) is 0 Å². The lowest BCUT2D eigenvalue weighted by Gasteiger charge is -2.43. The highest BCUT2D eigenvalue weighted by Gasteiger charge is 2.50. The summed E-state index contributed by atoms with van der Waals surface area (Å²) < 4.78 is 0. The van der Waals surface area contributed by atoms with Gasteiger partial charge >= 0.3 is 0 Å². The fourth-order valence-corrected chi connectivity index (χ4v) is 4.68. The fraction of sp³-hybridized carbons (Fsp3) is 1.00. The first-order chi connectivity index (χ1) is 8.54. The van der Waals surface area contributed by atoms with Gasteiger partial charge in [0.05, 0.1) is 6.10 Å². The van der Waals surface area contributed by atoms with Crippen LogP contribution in [0.1, 0.15) is 78.6 Å². The lowest BCUT2D eigenvalue weighted by molar-refractivity contribution is -0.0187. The third kappa shape index (κ3) is 2.92. The van der Waals surface area contributed by atoms with Crippen molar-refractivity contribution in [3.63, 3.8) is 0 Å². The van der Waals surface area contributed by atoms with Gasteiger partial charge in [0.25, 0.3) is 0 Å². The van der Waals surface area contributed by atoms with E-state index in [4.69, 9.17) is 0 Å². The molecule has 0 saturated heterocycles. The van der Waals surface area contributed by atoms with Gasteiger partial charge in [-0.05, 0) is 55.3 Å². The molecule has 18 heavy (non-hydrogen) atoms. The molecule has 0 bridgehead atoms. The molecule has 0 aromatic rings. The maximum absolute atomic E-state index is 10.2. The Labute approximate surface area is 113 Å². The normalized spacial score (nSPS) is 40.2. The number of rotatable bonds is 5. The molecule has 2 rings (SSSR count). The average Bonchev–Trinajstić information content (AvgIpc) is 2.63. The van der Waals surface area contributed by atoms with E-state index >= 15 is 0 Å². The lowest BCUT2D eigenvalue weighted by Crippen LogP contribution is -2.39. The molecule has 1 nitrogen and oxygen atoms in total. The highest BCUT2D eigenvalue weighted by Crippen LogP contribution is 2.56. The molecule has 4 atom stereocenters. The van der Waals surface area contributed by atoms with Crippen molar-refractivity contribution < 1.29 is 5.11 Å². The van der Waals surface area contributed by atoms with Crippen molar-refractivity contribution in [1.82, 2.24) is 0 Å². The number of aliphatic hydroxyl groups is 1. The van der Waals surface area contributed by atoms with Crippen molar-refractivity contribution >= 4 is 0 Å². The SMILES string of the molecule is CC(C)CCCCC1CCC2C(O)CCCC12C. The smallest absolute Gasteiger partial charge is 0.0573 e. The Balaban J connectivity index is 1.83. The summed E-state index contributed by atoms with van der Waals surface area (Å²) >= 11 is 0. The molecule has 0 amide bonds. The van der Waals surface area contributed by atoms with Gasteiger partial charge in [0.1, 0.15) is 0 Å². The number of fused-ring (bicyclic) bond motifs is 1. The molecule has 1 N–H and O–H groups in total. The van der Waals surface area contributed by atoms with E-state index in [1.165, 1.54) is 51.4 Å². The maximum atomic E-state index is 10.2. The molecule has 2 aliphatic carbocycles. The van der Waals surface area contributed by atoms with Gasteiger partial charge < -0.3 is 5.11 Å². The van der Waals surface area contributed by atoms with Crippen LogP contribution in [-0.4, -0.2) is 11.2 Å². The van der Waals surface area contributed by atoms with Crippen LogP contribution in [-0.2, 0) is 0 Å². The van der Waals surface area contributed by atoms with Gasteiger partial charge in [0.15, 0.2) is 0 Å². The van der Waals surface area contributed by atoms with E-state index in [0.717, 1.165) is 18.3 Å². The molecule has 1 heteroatoms. The second-order valence-electron chi connectivity index (χ2n) is 7.52. The zero-order chi connectivity index (χ0) is 13.2. The Bertz CT molecular complexity index is 260. The van der Waals surface area contributed by atoms with Gasteiger partial charge in [-0.1, -0.05) is 46.5 Å². The first-order valence-electron chi connectivity index (χ1n) is 8.22. The zero-order valence-corrected chi connectivity index (χ0v) is 12.6. The average molecular weight is 252 g/mol. The predicted molar refractivity (Wildman–Crippen MR) is 77.5 cm³/mol. The van der Waals surface area contributed by atoms with Gasteiger partial charge in [0, 0.05) is 0 Å². The van der Waals surface area contributed by atoms with Gasteiger partial charge in [0.2, 0.25) is 0 Å². The summed E-state index contributed by atoms with van der Waals surface area (Å²) in [5.74, 6) is 2.36. The van der Waals surface area contributed by atoms with E-state index in [0.29, 0.717) is 11.3 Å². The standard InChI is InChI=1S/C17H32O/c1-13(2)7-4-5-8-14-10-11-15-16(18)9-6-12-17(14,15)3/h13-16,18H,4-12H2,1-3H3. The molecular weight excluding hydrogens is 220 g/mol. The van der Waals surface area contributed by atoms with Gasteiger partial charge in [-0.2, -0.15) is 0 Å². The molecule has 0 spiro atoms. The highest BCUT2D eigenvalue weighted by atomic mass is 16.3. The van der Waals surface area contributed by atoms with E-state index in [9.17, 15) is 5.11 Å². The van der Waals surface area contributed by atoms with Gasteiger partial charge in [-0.25, -0.2) is 0 Å². The fourth-order valence-electron chi connectivity index (χ4n) is 4.68. The number of aliphatic hydroxyl groups excluding tert-OH is 1. The molecule has 2 saturated carbocycles. The molecule has 4 unspecified atom stereocenters. The minimum Gasteiger partial charge on any atom is -0.393 e. The van der Waals surface area contributed by atoms with Crippen molar-refractivity contribution in [2.75, 3.05) is 0 Å². The minimum absolute atomic E-state index is 0.00409. The first-order valence-corrected chi connectivity index (χ1v) is 8.22. The van der Waals surface area contributed by atoms with Crippen LogP contribution < -0.4 is 0 Å². The third-order valence-electron chi connectivity index (χ3n) is 5.87. The monoisotopic (exact) mass is 252 g/mol. The summed E-state index contributed by atoms with van der Waals surface area (Å²) in [6.07, 6.45) is 11.9. The van der Waals surface area contributed by atoms with Gasteiger partial charge in [-0.3, -0.25) is 0 Å². The Morgan fingerprint density at radius 1 is 1.17 bits per heavy atom. The molecular formula is C17H32O. The van der Waals surface area contributed by atoms with Crippen LogP contribution in [0.15, 0.2) is 0 Å². The third-order valence-corrected chi connectivity index (χ3v) is 5.87. The Morgan fingerprint density at radius 2 is 1.94 bits per heavy atom. The Kier molecular flexibility index (Phi) is 4.75.